The van der Waals surface area contributed by atoms with Gasteiger partial charge in [0.1, 0.15) is 5.75 Å². The summed E-state index contributed by atoms with van der Waals surface area (Å²) in [6.07, 6.45) is -0.493. The van der Waals surface area contributed by atoms with Crippen LogP contribution in [-0.2, 0) is 37.2 Å². The first-order valence-corrected chi connectivity index (χ1v) is 19.1. The number of alkyl halides is 3. The van der Waals surface area contributed by atoms with Crippen LogP contribution in [0.15, 0.2) is 97.2 Å². The summed E-state index contributed by atoms with van der Waals surface area (Å²) in [5, 5.41) is 12.9. The number of aromatic hydroxyl groups is 1. The zero-order valence-corrected chi connectivity index (χ0v) is 32.3. The van der Waals surface area contributed by atoms with Crippen molar-refractivity contribution in [2.24, 2.45) is 23.7 Å². The number of halogens is 6. The number of carbonyl (C=O) groups excluding carboxylic acids is 4. The predicted octanol–water partition coefficient (Wildman–Crippen LogP) is 8.99. The highest BCUT2D eigenvalue weighted by Crippen LogP contribution is 2.65. The van der Waals surface area contributed by atoms with Gasteiger partial charge in [0.25, 0.3) is 11.8 Å². The number of benzene rings is 3. The molecule has 2 saturated heterocycles. The van der Waals surface area contributed by atoms with Gasteiger partial charge in [0, 0.05) is 27.7 Å². The highest BCUT2D eigenvalue weighted by Gasteiger charge is 2.70. The number of hydrogen-bond donors (Lipinski definition) is 2. The molecule has 1 aromatic heterocycles. The maximum Gasteiger partial charge on any atom is 0.417 e. The Morgan fingerprint density at radius 1 is 0.965 bits per heavy atom. The number of phenolic OH excluding ortho intramolecular Hbond substituents is 1. The number of anilines is 2. The lowest BCUT2D eigenvalue weighted by Gasteiger charge is -2.50. The smallest absolute Gasteiger partial charge is 0.417 e. The summed E-state index contributed by atoms with van der Waals surface area (Å²) in [7, 11) is 0. The predicted molar refractivity (Wildman–Crippen MR) is 208 cm³/mol. The second kappa shape index (κ2) is 14.0. The molecule has 0 radical (unpaired) electrons. The quantitative estimate of drug-likeness (QED) is 0.141. The summed E-state index contributed by atoms with van der Waals surface area (Å²) in [6.45, 7) is 5.60. The number of phenols is 1. The maximum absolute atomic E-state index is 15.4. The SMILES string of the molecule is C=CCc1cccc(C2C3=CCC4C(=O)N(c5ccc(C)c(Cl)c5)C(=O)C4C3CC3C(=O)N(Nc4ncc(C(F)(F)F)cc4Cl)C(=O)C32c2ccc(Cl)cc2)c1O. The van der Waals surface area contributed by atoms with Gasteiger partial charge >= 0.3 is 6.18 Å². The Labute approximate surface area is 339 Å². The number of nitrogens with zero attached hydrogens (tertiary/aromatic N) is 3. The fourth-order valence-corrected chi connectivity index (χ4v) is 9.78. The topological polar surface area (TPSA) is 120 Å². The number of hydrazine groups is 1. The van der Waals surface area contributed by atoms with E-state index in [1.165, 1.54) is 0 Å². The molecule has 2 aliphatic carbocycles. The van der Waals surface area contributed by atoms with Gasteiger partial charge in [-0.05, 0) is 79.1 Å². The highest BCUT2D eigenvalue weighted by atomic mass is 35.5. The third kappa shape index (κ3) is 5.94. The Balaban J connectivity index is 1.33. The molecule has 2 aliphatic heterocycles. The highest BCUT2D eigenvalue weighted by molar-refractivity contribution is 6.33. The average molecular weight is 836 g/mol. The lowest BCUT2D eigenvalue weighted by atomic mass is 9.49. The molecule has 4 aromatic rings. The molecule has 4 aliphatic rings. The summed E-state index contributed by atoms with van der Waals surface area (Å²) in [4.78, 5) is 64.0. The normalized spacial score (nSPS) is 25.6. The second-order valence-corrected chi connectivity index (χ2v) is 16.0. The van der Waals surface area contributed by atoms with Crippen LogP contribution in [0.4, 0.5) is 24.7 Å². The van der Waals surface area contributed by atoms with Crippen LogP contribution in [0.3, 0.4) is 0 Å². The Bertz CT molecular complexity index is 2440. The fraction of sp³-hybridized carbons (Fsp3) is 0.262. The standard InChI is InChI=1S/C42H32Cl3F3N4O5/c1-3-5-21-6-4-7-28(35(21)53)34-26-14-15-27-33(39(56)51(37(27)54)25-13-8-20(2)31(44)17-25)29(26)18-30-38(55)52(40(57)41(30,34)22-9-11-24(43)12-10-22)50-36-32(45)16-23(19-49-36)42(46,47)48/h3-4,6-14,16-17,19,27,29-30,33-34,53H,1,5,15,18H2,2H3,(H,49,50). The number of nitrogens with one attached hydrogen (secondary N) is 1. The van der Waals surface area contributed by atoms with E-state index in [0.717, 1.165) is 10.5 Å². The Kier molecular flexibility index (Phi) is 9.53. The number of aromatic nitrogens is 1. The fourth-order valence-electron chi connectivity index (χ4n) is 9.27. The van der Waals surface area contributed by atoms with E-state index in [9.17, 15) is 32.7 Å². The van der Waals surface area contributed by atoms with Crippen molar-refractivity contribution in [2.45, 2.75) is 43.7 Å². The monoisotopic (exact) mass is 834 g/mol. The number of aryl methyl sites for hydroxylation is 1. The minimum Gasteiger partial charge on any atom is -0.507 e. The van der Waals surface area contributed by atoms with Gasteiger partial charge in [0.2, 0.25) is 11.8 Å². The lowest BCUT2D eigenvalue weighted by Crippen LogP contribution is -2.53. The largest absolute Gasteiger partial charge is 0.507 e. The first kappa shape index (κ1) is 38.7. The summed E-state index contributed by atoms with van der Waals surface area (Å²) in [5.41, 5.74) is 2.42. The van der Waals surface area contributed by atoms with Crippen molar-refractivity contribution in [3.05, 3.63) is 140 Å². The molecule has 3 aromatic carbocycles. The minimum absolute atomic E-state index is 0.0856. The molecule has 1 saturated carbocycles. The van der Waals surface area contributed by atoms with Crippen LogP contribution >= 0.6 is 34.8 Å². The molecule has 57 heavy (non-hydrogen) atoms. The minimum atomic E-state index is -4.76. The number of fused-ring (bicyclic) bond motifs is 4. The van der Waals surface area contributed by atoms with Gasteiger partial charge in [-0.15, -0.1) is 6.58 Å². The lowest BCUT2D eigenvalue weighted by molar-refractivity contribution is -0.139. The number of rotatable bonds is 7. The zero-order valence-electron chi connectivity index (χ0n) is 30.0. The van der Waals surface area contributed by atoms with E-state index in [1.54, 1.807) is 73.7 Å². The molecule has 3 fully saturated rings. The van der Waals surface area contributed by atoms with Crippen LogP contribution in [0.5, 0.6) is 5.75 Å². The number of pyridine rings is 1. The van der Waals surface area contributed by atoms with Crippen molar-refractivity contribution >= 4 is 69.9 Å². The number of carbonyl (C=O) groups is 4. The van der Waals surface area contributed by atoms with E-state index >= 15 is 4.79 Å². The first-order chi connectivity index (χ1) is 27.1. The summed E-state index contributed by atoms with van der Waals surface area (Å²) in [6, 6.07) is 17.0. The van der Waals surface area contributed by atoms with E-state index in [0.29, 0.717) is 49.7 Å². The zero-order chi connectivity index (χ0) is 40.7. The van der Waals surface area contributed by atoms with Gasteiger partial charge in [-0.2, -0.15) is 18.2 Å². The molecule has 6 unspecified atom stereocenters. The van der Waals surface area contributed by atoms with E-state index in [1.807, 2.05) is 6.08 Å². The Morgan fingerprint density at radius 2 is 1.70 bits per heavy atom. The van der Waals surface area contributed by atoms with Crippen LogP contribution in [0.1, 0.15) is 46.6 Å². The van der Waals surface area contributed by atoms with Crippen molar-refractivity contribution < 1.29 is 37.5 Å². The molecule has 292 valence electrons. The van der Waals surface area contributed by atoms with E-state index < -0.39 is 75.4 Å². The molecule has 4 amide bonds. The number of imide groups is 2. The van der Waals surface area contributed by atoms with Crippen molar-refractivity contribution in [2.75, 3.05) is 10.3 Å². The number of para-hydroxylation sites is 1. The molecule has 8 rings (SSSR count). The van der Waals surface area contributed by atoms with E-state index in [2.05, 4.69) is 17.0 Å². The molecule has 3 heterocycles. The molecule has 2 N–H and O–H groups in total. The van der Waals surface area contributed by atoms with Crippen LogP contribution < -0.4 is 10.3 Å². The molecule has 0 bridgehead atoms. The van der Waals surface area contributed by atoms with Crippen molar-refractivity contribution in [3.63, 3.8) is 0 Å². The Hall–Kier alpha value is -5.17. The van der Waals surface area contributed by atoms with Gasteiger partial charge < -0.3 is 5.11 Å². The van der Waals surface area contributed by atoms with Crippen molar-refractivity contribution in [1.29, 1.82) is 0 Å². The van der Waals surface area contributed by atoms with Crippen molar-refractivity contribution in [3.8, 4) is 5.75 Å². The first-order valence-electron chi connectivity index (χ1n) is 18.0. The van der Waals surface area contributed by atoms with Crippen LogP contribution in [0, 0.1) is 30.6 Å². The van der Waals surface area contributed by atoms with Gasteiger partial charge in [-0.25, -0.2) is 9.88 Å². The molecular weight excluding hydrogens is 804 g/mol. The summed E-state index contributed by atoms with van der Waals surface area (Å²) >= 11 is 19.1. The summed E-state index contributed by atoms with van der Waals surface area (Å²) < 4.78 is 40.6. The van der Waals surface area contributed by atoms with Crippen LogP contribution in [0.2, 0.25) is 15.1 Å². The van der Waals surface area contributed by atoms with Gasteiger partial charge in [0.05, 0.1) is 39.4 Å². The van der Waals surface area contributed by atoms with Gasteiger partial charge in [0.15, 0.2) is 5.82 Å². The average Bonchev–Trinajstić information content (AvgIpc) is 3.55. The number of amides is 4. The van der Waals surface area contributed by atoms with Crippen molar-refractivity contribution in [1.82, 2.24) is 9.99 Å². The third-order valence-corrected chi connectivity index (χ3v) is 12.7. The van der Waals surface area contributed by atoms with E-state index in [4.69, 9.17) is 34.8 Å². The Morgan fingerprint density at radius 3 is 2.37 bits per heavy atom. The molecule has 0 spiro atoms. The molecule has 6 atom stereocenters. The molecule has 9 nitrogen and oxygen atoms in total. The third-order valence-electron chi connectivity index (χ3n) is 11.8. The number of allylic oxidation sites excluding steroid dienone is 3. The second-order valence-electron chi connectivity index (χ2n) is 14.7. The summed E-state index contributed by atoms with van der Waals surface area (Å²) in [5.74, 6) is -7.89. The van der Waals surface area contributed by atoms with Crippen LogP contribution in [-0.4, -0.2) is 38.7 Å². The van der Waals surface area contributed by atoms with Crippen LogP contribution in [0.25, 0.3) is 0 Å². The molecule has 15 heteroatoms. The number of hydrogen-bond acceptors (Lipinski definition) is 7. The molecular formula is C42H32Cl3F3N4O5. The van der Waals surface area contributed by atoms with Gasteiger partial charge in [-0.1, -0.05) is 88.9 Å². The maximum atomic E-state index is 15.4. The van der Waals surface area contributed by atoms with Gasteiger partial charge in [-0.3, -0.25) is 24.6 Å². The van der Waals surface area contributed by atoms with E-state index in [-0.39, 0.29) is 36.4 Å².